The molecule has 3 aromatic carbocycles. The third kappa shape index (κ3) is 3.60. The second-order valence-electron chi connectivity index (χ2n) is 9.84. The maximum atomic E-state index is 13.9. The molecule has 9 heteroatoms. The summed E-state index contributed by atoms with van der Waals surface area (Å²) in [4.78, 5) is 31.1. The summed E-state index contributed by atoms with van der Waals surface area (Å²) < 4.78 is 0. The summed E-state index contributed by atoms with van der Waals surface area (Å²) in [5.74, 6) is -0.583. The highest BCUT2D eigenvalue weighted by atomic mass is 35.5. The molecule has 0 aliphatic heterocycles. The molecule has 3 aliphatic carbocycles. The molecule has 186 valence electrons. The van der Waals surface area contributed by atoms with E-state index >= 15 is 0 Å². The molecule has 7 rings (SSSR count). The molecular weight excluding hydrogens is 529 g/mol. The summed E-state index contributed by atoms with van der Waals surface area (Å²) in [6.07, 6.45) is 0.605. The molecule has 37 heavy (non-hydrogen) atoms. The lowest BCUT2D eigenvalue weighted by atomic mass is 9.49. The van der Waals surface area contributed by atoms with Crippen molar-refractivity contribution in [2.45, 2.75) is 31.2 Å². The van der Waals surface area contributed by atoms with E-state index in [1.165, 1.54) is 11.3 Å². The fourth-order valence-corrected chi connectivity index (χ4v) is 7.12. The summed E-state index contributed by atoms with van der Waals surface area (Å²) in [5.41, 5.74) is 2.21. The number of rotatable bonds is 5. The Morgan fingerprint density at radius 1 is 1.08 bits per heavy atom. The second kappa shape index (κ2) is 8.65. The van der Waals surface area contributed by atoms with E-state index in [4.69, 9.17) is 23.2 Å². The van der Waals surface area contributed by atoms with Gasteiger partial charge in [0.05, 0.1) is 21.2 Å². The third-order valence-electron chi connectivity index (χ3n) is 7.67. The summed E-state index contributed by atoms with van der Waals surface area (Å²) in [6.45, 7) is 1.83. The lowest BCUT2D eigenvalue weighted by molar-refractivity contribution is -0.573. The predicted molar refractivity (Wildman–Crippen MR) is 145 cm³/mol. The number of halogens is 2. The van der Waals surface area contributed by atoms with Gasteiger partial charge in [-0.05, 0) is 35.7 Å². The van der Waals surface area contributed by atoms with Gasteiger partial charge in [-0.2, -0.15) is 0 Å². The Kier molecular flexibility index (Phi) is 5.64. The van der Waals surface area contributed by atoms with Crippen LogP contribution >= 0.6 is 34.5 Å². The third-order valence-corrected chi connectivity index (χ3v) is 9.21. The molecular formula is C28H21Cl2N3O3S. The molecule has 1 unspecified atom stereocenters. The molecule has 6 nitrogen and oxygen atoms in total. The van der Waals surface area contributed by atoms with Crippen molar-refractivity contribution in [1.29, 1.82) is 0 Å². The molecule has 1 heterocycles. The Hall–Kier alpha value is -3.26. The number of carbonyl (C=O) groups is 1. The Labute approximate surface area is 227 Å². The molecule has 1 amide bonds. The normalized spacial score (nSPS) is 23.3. The number of thiazole rings is 1. The number of benzene rings is 3. The van der Waals surface area contributed by atoms with Gasteiger partial charge in [-0.1, -0.05) is 77.8 Å². The lowest BCUT2D eigenvalue weighted by Gasteiger charge is -2.52. The molecule has 1 N–H and O–H groups in total. The fraction of sp³-hybridized carbons (Fsp3) is 0.214. The number of hydrogen-bond donors (Lipinski definition) is 1. The Morgan fingerprint density at radius 2 is 1.73 bits per heavy atom. The largest absolute Gasteiger partial charge is 0.301 e. The van der Waals surface area contributed by atoms with Crippen molar-refractivity contribution in [2.24, 2.45) is 5.41 Å². The maximum Gasteiger partial charge on any atom is 0.273 e. The minimum absolute atomic E-state index is 0.0685. The highest BCUT2D eigenvalue weighted by molar-refractivity contribution is 7.13. The van der Waals surface area contributed by atoms with Gasteiger partial charge in [0, 0.05) is 40.2 Å². The van der Waals surface area contributed by atoms with E-state index in [9.17, 15) is 14.9 Å². The van der Waals surface area contributed by atoms with Gasteiger partial charge < -0.3 is 5.32 Å². The quantitative estimate of drug-likeness (QED) is 0.213. The van der Waals surface area contributed by atoms with Crippen LogP contribution in [0, 0.1) is 15.5 Å². The van der Waals surface area contributed by atoms with Gasteiger partial charge in [-0.15, -0.1) is 11.3 Å². The SMILES string of the molecule is CC1(C(=O)Nc2nc(Cc3ccc(Cl)c(Cl)c3)cs2)CC2([N+](=O)[O-])c3ccccc3C1c1ccccc12. The van der Waals surface area contributed by atoms with Gasteiger partial charge in [0.2, 0.25) is 5.91 Å². The number of aromatic nitrogens is 1. The van der Waals surface area contributed by atoms with Gasteiger partial charge in [0.25, 0.3) is 5.54 Å². The molecule has 0 radical (unpaired) electrons. The summed E-state index contributed by atoms with van der Waals surface area (Å²) in [7, 11) is 0. The van der Waals surface area contributed by atoms with Gasteiger partial charge in [-0.25, -0.2) is 4.98 Å². The summed E-state index contributed by atoms with van der Waals surface area (Å²) in [5, 5.41) is 19.1. The zero-order chi connectivity index (χ0) is 25.9. The minimum Gasteiger partial charge on any atom is -0.301 e. The van der Waals surface area contributed by atoms with E-state index in [0.717, 1.165) is 22.4 Å². The van der Waals surface area contributed by atoms with Crippen LogP contribution in [0.3, 0.4) is 0 Å². The van der Waals surface area contributed by atoms with Crippen LogP contribution in [0.5, 0.6) is 0 Å². The van der Waals surface area contributed by atoms with Crippen molar-refractivity contribution in [3.8, 4) is 0 Å². The zero-order valence-corrected chi connectivity index (χ0v) is 22.0. The second-order valence-corrected chi connectivity index (χ2v) is 11.5. The van der Waals surface area contributed by atoms with Gasteiger partial charge in [0.15, 0.2) is 5.13 Å². The minimum atomic E-state index is -1.49. The van der Waals surface area contributed by atoms with E-state index < -0.39 is 11.0 Å². The number of fused-ring (bicyclic) bond motifs is 1. The van der Waals surface area contributed by atoms with E-state index in [-0.39, 0.29) is 23.2 Å². The fourth-order valence-electron chi connectivity index (χ4n) is 6.09. The number of amides is 1. The zero-order valence-electron chi connectivity index (χ0n) is 19.7. The molecule has 1 atom stereocenters. The van der Waals surface area contributed by atoms with Crippen LogP contribution in [0.1, 0.15) is 52.8 Å². The van der Waals surface area contributed by atoms with Gasteiger partial charge in [0.1, 0.15) is 0 Å². The van der Waals surface area contributed by atoms with Crippen molar-refractivity contribution >= 4 is 45.6 Å². The number of anilines is 1. The smallest absolute Gasteiger partial charge is 0.273 e. The first-order valence-corrected chi connectivity index (χ1v) is 13.4. The molecule has 3 aliphatic rings. The van der Waals surface area contributed by atoms with E-state index in [2.05, 4.69) is 10.3 Å². The van der Waals surface area contributed by atoms with Crippen molar-refractivity contribution in [1.82, 2.24) is 4.98 Å². The highest BCUT2D eigenvalue weighted by Gasteiger charge is 2.67. The molecule has 0 saturated carbocycles. The molecule has 0 saturated heterocycles. The first kappa shape index (κ1) is 24.1. The van der Waals surface area contributed by atoms with Crippen LogP contribution in [0.2, 0.25) is 10.0 Å². The molecule has 0 spiro atoms. The first-order chi connectivity index (χ1) is 17.7. The number of carbonyl (C=O) groups excluding carboxylic acids is 1. The Morgan fingerprint density at radius 3 is 2.35 bits per heavy atom. The maximum absolute atomic E-state index is 13.9. The van der Waals surface area contributed by atoms with E-state index in [1.54, 1.807) is 12.1 Å². The summed E-state index contributed by atoms with van der Waals surface area (Å²) >= 11 is 13.5. The van der Waals surface area contributed by atoms with Crippen LogP contribution in [0.4, 0.5) is 5.13 Å². The van der Waals surface area contributed by atoms with Crippen LogP contribution in [0.15, 0.2) is 72.1 Å². The first-order valence-electron chi connectivity index (χ1n) is 11.8. The van der Waals surface area contributed by atoms with Crippen LogP contribution in [-0.4, -0.2) is 15.8 Å². The van der Waals surface area contributed by atoms with Crippen LogP contribution < -0.4 is 5.32 Å². The highest BCUT2D eigenvalue weighted by Crippen LogP contribution is 2.64. The average molecular weight is 550 g/mol. The molecule has 4 aromatic rings. The van der Waals surface area contributed by atoms with Crippen molar-refractivity contribution in [3.05, 3.63) is 126 Å². The molecule has 1 aromatic heterocycles. The van der Waals surface area contributed by atoms with Gasteiger partial charge in [-0.3, -0.25) is 14.9 Å². The van der Waals surface area contributed by atoms with Crippen LogP contribution in [0.25, 0.3) is 0 Å². The molecule has 2 bridgehead atoms. The van der Waals surface area contributed by atoms with Gasteiger partial charge >= 0.3 is 0 Å². The Bertz CT molecular complexity index is 1540. The number of nitrogens with zero attached hydrogens (tertiary/aromatic N) is 2. The standard InChI is InChI=1S/C28H21Cl2N3O3S/c1-27(25(34)32-26-31-17(14-37-26)12-16-10-11-22(29)23(30)13-16)15-28(33(35)36)20-8-4-2-6-18(20)24(27)19-7-3-5-9-21(19)28/h2-11,13-14,24H,12,15H2,1H3,(H,31,32,34). The van der Waals surface area contributed by atoms with Crippen molar-refractivity contribution in [3.63, 3.8) is 0 Å². The molecule has 0 fully saturated rings. The summed E-state index contributed by atoms with van der Waals surface area (Å²) in [6, 6.07) is 20.3. The number of nitro groups is 1. The Balaban J connectivity index is 1.35. The topological polar surface area (TPSA) is 85.1 Å². The number of nitrogens with one attached hydrogen (secondary N) is 1. The number of hydrogen-bond acceptors (Lipinski definition) is 5. The van der Waals surface area contributed by atoms with Crippen molar-refractivity contribution in [2.75, 3.05) is 5.32 Å². The predicted octanol–water partition coefficient (Wildman–Crippen LogP) is 7.06. The van der Waals surface area contributed by atoms with E-state index in [0.29, 0.717) is 32.7 Å². The van der Waals surface area contributed by atoms with E-state index in [1.807, 2.05) is 66.9 Å². The monoisotopic (exact) mass is 549 g/mol. The lowest BCUT2D eigenvalue weighted by Crippen LogP contribution is -2.57. The van der Waals surface area contributed by atoms with Crippen LogP contribution in [-0.2, 0) is 16.8 Å². The van der Waals surface area contributed by atoms with Crippen molar-refractivity contribution < 1.29 is 9.72 Å². The average Bonchev–Trinajstić information content (AvgIpc) is 3.32.